The van der Waals surface area contributed by atoms with Crippen molar-refractivity contribution in [1.82, 2.24) is 10.2 Å². The number of carbonyl (C=O) groups excluding carboxylic acids is 1. The minimum absolute atomic E-state index is 0.206. The van der Waals surface area contributed by atoms with Crippen LogP contribution in [0.3, 0.4) is 0 Å². The van der Waals surface area contributed by atoms with Gasteiger partial charge in [-0.1, -0.05) is 0 Å². The van der Waals surface area contributed by atoms with Crippen LogP contribution in [0.15, 0.2) is 12.1 Å². The number of likely N-dealkylation sites (tertiary alicyclic amines) is 1. The van der Waals surface area contributed by atoms with Crippen LogP contribution in [-0.2, 0) is 0 Å². The summed E-state index contributed by atoms with van der Waals surface area (Å²) < 4.78 is 38.7. The second-order valence-corrected chi connectivity index (χ2v) is 4.88. The lowest BCUT2D eigenvalue weighted by Crippen LogP contribution is -2.30. The second-order valence-electron chi connectivity index (χ2n) is 4.88. The Morgan fingerprint density at radius 2 is 2.00 bits per heavy atom. The fraction of sp³-hybridized carbons (Fsp3) is 0.462. The lowest BCUT2D eigenvalue weighted by Gasteiger charge is -2.12. The van der Waals surface area contributed by atoms with Crippen LogP contribution in [-0.4, -0.2) is 37.5 Å². The molecule has 2 rings (SSSR count). The molecule has 1 N–H and O–H groups in total. The predicted molar refractivity (Wildman–Crippen MR) is 64.3 cm³/mol. The van der Waals surface area contributed by atoms with Crippen molar-refractivity contribution in [2.45, 2.75) is 6.42 Å². The summed E-state index contributed by atoms with van der Waals surface area (Å²) in [6, 6.07) is 1.41. The van der Waals surface area contributed by atoms with Crippen molar-refractivity contribution in [3.63, 3.8) is 0 Å². The molecule has 1 fully saturated rings. The number of hydrogen-bond donors (Lipinski definition) is 1. The van der Waals surface area contributed by atoms with Crippen molar-refractivity contribution in [3.8, 4) is 0 Å². The Balaban J connectivity index is 1.96. The van der Waals surface area contributed by atoms with Gasteiger partial charge < -0.3 is 10.2 Å². The molecule has 1 aliphatic rings. The van der Waals surface area contributed by atoms with Gasteiger partial charge >= 0.3 is 0 Å². The van der Waals surface area contributed by atoms with Crippen LogP contribution in [0.25, 0.3) is 0 Å². The van der Waals surface area contributed by atoms with Crippen molar-refractivity contribution < 1.29 is 18.0 Å². The van der Waals surface area contributed by atoms with Gasteiger partial charge in [0.25, 0.3) is 5.91 Å². The summed E-state index contributed by atoms with van der Waals surface area (Å²) in [6.45, 7) is 2.30. The topological polar surface area (TPSA) is 32.3 Å². The molecule has 3 nitrogen and oxygen atoms in total. The number of hydrogen-bond acceptors (Lipinski definition) is 2. The van der Waals surface area contributed by atoms with Crippen LogP contribution < -0.4 is 5.32 Å². The van der Waals surface area contributed by atoms with Gasteiger partial charge in [0.05, 0.1) is 0 Å². The number of carbonyl (C=O) groups is 1. The van der Waals surface area contributed by atoms with Gasteiger partial charge in [0, 0.05) is 18.7 Å². The molecule has 0 bridgehead atoms. The van der Waals surface area contributed by atoms with Crippen LogP contribution in [0, 0.1) is 23.4 Å². The molecule has 6 heteroatoms. The second kappa shape index (κ2) is 5.61. The van der Waals surface area contributed by atoms with Crippen LogP contribution in [0.2, 0.25) is 0 Å². The van der Waals surface area contributed by atoms with E-state index < -0.39 is 23.4 Å². The first-order valence-corrected chi connectivity index (χ1v) is 6.08. The van der Waals surface area contributed by atoms with Crippen molar-refractivity contribution in [3.05, 3.63) is 35.1 Å². The lowest BCUT2D eigenvalue weighted by molar-refractivity contribution is 0.0946. The normalized spacial score (nSPS) is 19.7. The van der Waals surface area contributed by atoms with Crippen molar-refractivity contribution in [2.75, 3.05) is 26.7 Å². The maximum Gasteiger partial charge on any atom is 0.251 e. The van der Waals surface area contributed by atoms with E-state index in [1.54, 1.807) is 0 Å². The largest absolute Gasteiger partial charge is 0.352 e. The smallest absolute Gasteiger partial charge is 0.251 e. The van der Waals surface area contributed by atoms with E-state index in [0.29, 0.717) is 24.6 Å². The Hall–Kier alpha value is -1.56. The molecule has 1 unspecified atom stereocenters. The maximum atomic E-state index is 13.0. The highest BCUT2D eigenvalue weighted by Gasteiger charge is 2.21. The Morgan fingerprint density at radius 1 is 1.37 bits per heavy atom. The Bertz CT molecular complexity index is 470. The minimum atomic E-state index is -1.56. The van der Waals surface area contributed by atoms with Crippen molar-refractivity contribution in [1.29, 1.82) is 0 Å². The van der Waals surface area contributed by atoms with Gasteiger partial charge in [-0.25, -0.2) is 13.2 Å². The Labute approximate surface area is 109 Å². The number of nitrogens with zero attached hydrogens (tertiary/aromatic N) is 1. The van der Waals surface area contributed by atoms with Gasteiger partial charge in [-0.3, -0.25) is 4.79 Å². The molecular formula is C13H15F3N2O. The molecule has 0 spiro atoms. The lowest BCUT2D eigenvalue weighted by atomic mass is 10.1. The fourth-order valence-corrected chi connectivity index (χ4v) is 2.22. The number of rotatable bonds is 3. The summed E-state index contributed by atoms with van der Waals surface area (Å²) in [5.74, 6) is -4.53. The van der Waals surface area contributed by atoms with Gasteiger partial charge in [0.1, 0.15) is 0 Å². The molecule has 0 saturated carbocycles. The molecule has 0 radical (unpaired) electrons. The summed E-state index contributed by atoms with van der Waals surface area (Å²) in [5.41, 5.74) is -0.206. The molecule has 1 heterocycles. The zero-order valence-electron chi connectivity index (χ0n) is 10.5. The average Bonchev–Trinajstić information content (AvgIpc) is 2.78. The molecule has 1 saturated heterocycles. The van der Waals surface area contributed by atoms with Gasteiger partial charge in [-0.15, -0.1) is 0 Å². The van der Waals surface area contributed by atoms with E-state index in [1.165, 1.54) is 0 Å². The van der Waals surface area contributed by atoms with E-state index >= 15 is 0 Å². The summed E-state index contributed by atoms with van der Waals surface area (Å²) in [7, 11) is 1.99. The highest BCUT2D eigenvalue weighted by molar-refractivity contribution is 5.94. The molecule has 1 atom stereocenters. The van der Waals surface area contributed by atoms with Gasteiger partial charge in [-0.05, 0) is 38.1 Å². The molecular weight excluding hydrogens is 257 g/mol. The van der Waals surface area contributed by atoms with Crippen molar-refractivity contribution >= 4 is 5.91 Å². The van der Waals surface area contributed by atoms with Crippen molar-refractivity contribution in [2.24, 2.45) is 5.92 Å². The Kier molecular flexibility index (Phi) is 4.09. The highest BCUT2D eigenvalue weighted by Crippen LogP contribution is 2.15. The Morgan fingerprint density at radius 3 is 2.53 bits per heavy atom. The van der Waals surface area contributed by atoms with E-state index in [4.69, 9.17) is 0 Å². The zero-order chi connectivity index (χ0) is 14.0. The van der Waals surface area contributed by atoms with E-state index in [-0.39, 0.29) is 5.56 Å². The fourth-order valence-electron chi connectivity index (χ4n) is 2.22. The predicted octanol–water partition coefficient (Wildman–Crippen LogP) is 1.79. The molecule has 1 amide bonds. The summed E-state index contributed by atoms with van der Waals surface area (Å²) in [6.07, 6.45) is 0.975. The summed E-state index contributed by atoms with van der Waals surface area (Å²) in [5, 5.41) is 2.61. The molecule has 1 aromatic rings. The molecule has 0 aromatic heterocycles. The van der Waals surface area contributed by atoms with E-state index in [1.807, 2.05) is 7.05 Å². The molecule has 0 aliphatic carbocycles. The molecule has 1 aliphatic heterocycles. The molecule has 104 valence electrons. The summed E-state index contributed by atoms with van der Waals surface area (Å²) >= 11 is 0. The molecule has 1 aromatic carbocycles. The first-order valence-electron chi connectivity index (χ1n) is 6.08. The van der Waals surface area contributed by atoms with Crippen LogP contribution in [0.1, 0.15) is 16.8 Å². The maximum absolute atomic E-state index is 13.0. The quantitative estimate of drug-likeness (QED) is 0.851. The van der Waals surface area contributed by atoms with E-state index in [9.17, 15) is 18.0 Å². The van der Waals surface area contributed by atoms with Gasteiger partial charge in [0.15, 0.2) is 17.5 Å². The zero-order valence-corrected chi connectivity index (χ0v) is 10.5. The van der Waals surface area contributed by atoms with E-state index in [2.05, 4.69) is 10.2 Å². The molecule has 19 heavy (non-hydrogen) atoms. The highest BCUT2D eigenvalue weighted by atomic mass is 19.2. The first-order chi connectivity index (χ1) is 8.97. The third-order valence-electron chi connectivity index (χ3n) is 3.29. The summed E-state index contributed by atoms with van der Waals surface area (Å²) in [4.78, 5) is 13.9. The third kappa shape index (κ3) is 3.26. The monoisotopic (exact) mass is 272 g/mol. The standard InChI is InChI=1S/C13H15F3N2O/c1-18-3-2-8(7-18)6-17-13(19)9-4-10(14)12(16)11(15)5-9/h4-5,8H,2-3,6-7H2,1H3,(H,17,19). The van der Waals surface area contributed by atoms with Gasteiger partial charge in [-0.2, -0.15) is 0 Å². The minimum Gasteiger partial charge on any atom is -0.352 e. The van der Waals surface area contributed by atoms with Crippen LogP contribution >= 0.6 is 0 Å². The SMILES string of the molecule is CN1CCC(CNC(=O)c2cc(F)c(F)c(F)c2)C1. The van der Waals surface area contributed by atoms with Gasteiger partial charge in [0.2, 0.25) is 0 Å². The first kappa shape index (κ1) is 13.9. The van der Waals surface area contributed by atoms with Crippen LogP contribution in [0.4, 0.5) is 13.2 Å². The van der Waals surface area contributed by atoms with Crippen LogP contribution in [0.5, 0.6) is 0 Å². The number of halogens is 3. The van der Waals surface area contributed by atoms with E-state index in [0.717, 1.165) is 19.5 Å². The number of nitrogens with one attached hydrogen (secondary N) is 1. The average molecular weight is 272 g/mol. The third-order valence-corrected chi connectivity index (χ3v) is 3.29. The number of amides is 1. The number of benzene rings is 1.